The van der Waals surface area contributed by atoms with Gasteiger partial charge in [-0.05, 0) is 63.1 Å². The number of nitriles is 1. The smallest absolute Gasteiger partial charge is 0.256 e. The molecule has 11 nitrogen and oxygen atoms in total. The molecule has 0 bridgehead atoms. The SMILES string of the molecule is Cc1c(-c2ccc(C(=O)Nc3cc(C#N)ccn3)cc2)c2c(N)ncnc2n1[C@@H]1CCN(C(=O)C=CCN(C)C2CC2)C1. The fourth-order valence-electron chi connectivity index (χ4n) is 5.86. The Morgan fingerprint density at radius 1 is 1.16 bits per heavy atom. The van der Waals surface area contributed by atoms with Crippen molar-refractivity contribution in [3.05, 3.63) is 77.9 Å². The molecular weight excluding hydrogens is 542 g/mol. The highest BCUT2D eigenvalue weighted by Gasteiger charge is 2.31. The number of nitrogens with one attached hydrogen (secondary N) is 1. The lowest BCUT2D eigenvalue weighted by molar-refractivity contribution is -0.125. The second-order valence-electron chi connectivity index (χ2n) is 11.2. The molecule has 1 aromatic carbocycles. The maximum atomic E-state index is 13.0. The lowest BCUT2D eigenvalue weighted by Gasteiger charge is -2.18. The van der Waals surface area contributed by atoms with E-state index >= 15 is 0 Å². The molecule has 2 fully saturated rings. The van der Waals surface area contributed by atoms with E-state index in [-0.39, 0.29) is 17.9 Å². The fourth-order valence-corrected chi connectivity index (χ4v) is 5.86. The standard InChI is InChI=1S/C32H33N9O2/c1-20-28(22-5-7-23(8-6-22)32(43)38-26-16-21(17-33)11-13-35-26)29-30(34)36-19-37-31(29)41(20)25-12-15-40(18-25)27(42)4-3-14-39(2)24-9-10-24/h3-8,11,13,16,19,24-25H,9-10,12,14-15,18H2,1-2H3,(H2,34,36,37)(H,35,38,43)/t25-/m1/s1. The van der Waals surface area contributed by atoms with Crippen LogP contribution in [0.5, 0.6) is 0 Å². The van der Waals surface area contributed by atoms with Gasteiger partial charge in [-0.3, -0.25) is 14.5 Å². The first-order valence-corrected chi connectivity index (χ1v) is 14.4. The number of nitrogens with zero attached hydrogens (tertiary/aromatic N) is 7. The number of nitrogen functional groups attached to an aromatic ring is 1. The molecular formula is C32H33N9O2. The number of fused-ring (bicyclic) bond motifs is 1. The van der Waals surface area contributed by atoms with Crippen molar-refractivity contribution >= 4 is 34.5 Å². The van der Waals surface area contributed by atoms with E-state index in [1.807, 2.05) is 36.1 Å². The van der Waals surface area contributed by atoms with Crippen LogP contribution in [0.4, 0.5) is 11.6 Å². The quantitative estimate of drug-likeness (QED) is 0.301. The number of pyridine rings is 1. The minimum atomic E-state index is -0.333. The summed E-state index contributed by atoms with van der Waals surface area (Å²) in [4.78, 5) is 43.0. The number of hydrogen-bond acceptors (Lipinski definition) is 8. The molecule has 2 aliphatic rings. The average Bonchev–Trinajstić information content (AvgIpc) is 3.68. The van der Waals surface area contributed by atoms with Gasteiger partial charge in [0.05, 0.1) is 23.1 Å². The Morgan fingerprint density at radius 3 is 2.70 bits per heavy atom. The third kappa shape index (κ3) is 5.69. The molecule has 3 N–H and O–H groups in total. The van der Waals surface area contributed by atoms with Gasteiger partial charge in [0.2, 0.25) is 5.91 Å². The number of nitrogens with two attached hydrogens (primary N) is 1. The highest BCUT2D eigenvalue weighted by Crippen LogP contribution is 2.40. The summed E-state index contributed by atoms with van der Waals surface area (Å²) in [7, 11) is 2.10. The van der Waals surface area contributed by atoms with Crippen molar-refractivity contribution in [2.75, 3.05) is 37.7 Å². The largest absolute Gasteiger partial charge is 0.383 e. The van der Waals surface area contributed by atoms with E-state index in [9.17, 15) is 9.59 Å². The molecule has 3 aromatic heterocycles. The Labute approximate surface area is 249 Å². The molecule has 218 valence electrons. The van der Waals surface area contributed by atoms with Crippen molar-refractivity contribution in [3.8, 4) is 17.2 Å². The number of likely N-dealkylation sites (N-methyl/N-ethyl adjacent to an activating group) is 1. The first kappa shape index (κ1) is 28.1. The number of carbonyl (C=O) groups excluding carboxylic acids is 2. The fraction of sp³-hybridized carbons (Fsp3) is 0.312. The predicted molar refractivity (Wildman–Crippen MR) is 164 cm³/mol. The molecule has 1 aliphatic carbocycles. The van der Waals surface area contributed by atoms with E-state index in [1.54, 1.807) is 24.3 Å². The molecule has 0 radical (unpaired) electrons. The normalized spacial score (nSPS) is 16.7. The van der Waals surface area contributed by atoms with Crippen molar-refractivity contribution in [2.45, 2.75) is 38.3 Å². The van der Waals surface area contributed by atoms with Gasteiger partial charge in [0, 0.05) is 54.8 Å². The summed E-state index contributed by atoms with van der Waals surface area (Å²) in [6.07, 6.45) is 9.88. The Hall–Kier alpha value is -5.08. The van der Waals surface area contributed by atoms with Crippen molar-refractivity contribution in [3.63, 3.8) is 0 Å². The third-order valence-electron chi connectivity index (χ3n) is 8.29. The Balaban J connectivity index is 1.23. The number of amides is 2. The van der Waals surface area contributed by atoms with Gasteiger partial charge in [-0.25, -0.2) is 15.0 Å². The zero-order valence-corrected chi connectivity index (χ0v) is 24.2. The number of anilines is 2. The molecule has 1 aliphatic heterocycles. The van der Waals surface area contributed by atoms with E-state index in [1.165, 1.54) is 31.4 Å². The zero-order valence-electron chi connectivity index (χ0n) is 24.2. The monoisotopic (exact) mass is 575 g/mol. The van der Waals surface area contributed by atoms with Crippen LogP contribution in [0.1, 0.15) is 46.9 Å². The number of hydrogen-bond donors (Lipinski definition) is 2. The first-order valence-electron chi connectivity index (χ1n) is 14.4. The number of aromatic nitrogens is 4. The molecule has 1 atom stereocenters. The van der Waals surface area contributed by atoms with E-state index in [0.29, 0.717) is 41.9 Å². The summed E-state index contributed by atoms with van der Waals surface area (Å²) in [5.41, 5.74) is 10.7. The van der Waals surface area contributed by atoms with E-state index in [4.69, 9.17) is 11.0 Å². The van der Waals surface area contributed by atoms with Crippen LogP contribution in [-0.4, -0.2) is 73.9 Å². The summed E-state index contributed by atoms with van der Waals surface area (Å²) >= 11 is 0. The highest BCUT2D eigenvalue weighted by atomic mass is 16.2. The summed E-state index contributed by atoms with van der Waals surface area (Å²) in [5, 5.41) is 12.6. The second kappa shape index (κ2) is 11.7. The van der Waals surface area contributed by atoms with Gasteiger partial charge < -0.3 is 20.5 Å². The summed E-state index contributed by atoms with van der Waals surface area (Å²) < 4.78 is 2.18. The van der Waals surface area contributed by atoms with Crippen LogP contribution in [0, 0.1) is 18.3 Å². The topological polar surface area (TPSA) is 146 Å². The van der Waals surface area contributed by atoms with Crippen molar-refractivity contribution in [2.24, 2.45) is 0 Å². The molecule has 1 saturated carbocycles. The predicted octanol–water partition coefficient (Wildman–Crippen LogP) is 3.93. The minimum Gasteiger partial charge on any atom is -0.383 e. The molecule has 43 heavy (non-hydrogen) atoms. The van der Waals surface area contributed by atoms with Crippen molar-refractivity contribution < 1.29 is 9.59 Å². The third-order valence-corrected chi connectivity index (χ3v) is 8.29. The molecule has 11 heteroatoms. The number of benzene rings is 1. The van der Waals surface area contributed by atoms with Crippen LogP contribution in [0.3, 0.4) is 0 Å². The number of likely N-dealkylation sites (tertiary alicyclic amines) is 1. The molecule has 0 unspecified atom stereocenters. The van der Waals surface area contributed by atoms with Gasteiger partial charge >= 0.3 is 0 Å². The number of rotatable bonds is 8. The summed E-state index contributed by atoms with van der Waals surface area (Å²) in [5.74, 6) is 0.376. The molecule has 1 saturated heterocycles. The minimum absolute atomic E-state index is 0.0265. The van der Waals surface area contributed by atoms with Crippen molar-refractivity contribution in [1.29, 1.82) is 5.26 Å². The Morgan fingerprint density at radius 2 is 1.95 bits per heavy atom. The summed E-state index contributed by atoms with van der Waals surface area (Å²) in [6, 6.07) is 13.1. The van der Waals surface area contributed by atoms with Crippen LogP contribution >= 0.6 is 0 Å². The maximum absolute atomic E-state index is 13.0. The molecule has 6 rings (SSSR count). The van der Waals surface area contributed by atoms with Crippen LogP contribution < -0.4 is 11.1 Å². The summed E-state index contributed by atoms with van der Waals surface area (Å²) in [6.45, 7) is 4.05. The van der Waals surface area contributed by atoms with Crippen LogP contribution in [0.2, 0.25) is 0 Å². The van der Waals surface area contributed by atoms with Crippen LogP contribution in [0.25, 0.3) is 22.2 Å². The van der Waals surface area contributed by atoms with Gasteiger partial charge in [0.1, 0.15) is 23.6 Å². The van der Waals surface area contributed by atoms with Gasteiger partial charge in [-0.1, -0.05) is 18.2 Å². The molecule has 4 aromatic rings. The van der Waals surface area contributed by atoms with Gasteiger partial charge in [-0.2, -0.15) is 5.26 Å². The Bertz CT molecular complexity index is 1770. The lowest BCUT2D eigenvalue weighted by atomic mass is 10.0. The zero-order chi connectivity index (χ0) is 30.1. The average molecular weight is 576 g/mol. The van der Waals surface area contributed by atoms with Crippen molar-refractivity contribution in [1.82, 2.24) is 29.3 Å². The molecule has 0 spiro atoms. The van der Waals surface area contributed by atoms with E-state index in [0.717, 1.165) is 40.8 Å². The maximum Gasteiger partial charge on any atom is 0.256 e. The van der Waals surface area contributed by atoms with Crippen LogP contribution in [-0.2, 0) is 4.79 Å². The Kier molecular flexibility index (Phi) is 7.61. The van der Waals surface area contributed by atoms with E-state index in [2.05, 4.69) is 36.8 Å². The molecule has 2 amide bonds. The van der Waals surface area contributed by atoms with Crippen LogP contribution in [0.15, 0.2) is 61.1 Å². The second-order valence-corrected chi connectivity index (χ2v) is 11.2. The van der Waals surface area contributed by atoms with E-state index < -0.39 is 0 Å². The molecule has 4 heterocycles. The number of carbonyl (C=O) groups is 2. The van der Waals surface area contributed by atoms with Gasteiger partial charge in [0.15, 0.2) is 0 Å². The highest BCUT2D eigenvalue weighted by molar-refractivity contribution is 6.05. The first-order chi connectivity index (χ1) is 20.8. The lowest BCUT2D eigenvalue weighted by Crippen LogP contribution is -2.28. The van der Waals surface area contributed by atoms with Gasteiger partial charge in [0.25, 0.3) is 5.91 Å². The van der Waals surface area contributed by atoms with Gasteiger partial charge in [-0.15, -0.1) is 0 Å².